The fourth-order valence-electron chi connectivity index (χ4n) is 2.10. The van der Waals surface area contributed by atoms with Crippen molar-refractivity contribution >= 4 is 27.5 Å². The molecule has 0 atom stereocenters. The highest BCUT2D eigenvalue weighted by atomic mass is 79.9. The third kappa shape index (κ3) is 4.22. The maximum Gasteiger partial charge on any atom is 0.128 e. The molecule has 2 aromatic rings. The predicted octanol–water partition coefficient (Wildman–Crippen LogP) is 5.62. The van der Waals surface area contributed by atoms with Crippen molar-refractivity contribution in [2.75, 3.05) is 6.54 Å². The van der Waals surface area contributed by atoms with Crippen LogP contribution in [-0.4, -0.2) is 6.54 Å². The van der Waals surface area contributed by atoms with E-state index in [-0.39, 0.29) is 0 Å². The fourth-order valence-corrected chi connectivity index (χ4v) is 2.56. The Hall–Kier alpha value is -1.03. The highest BCUT2D eigenvalue weighted by Gasteiger charge is 2.06. The van der Waals surface area contributed by atoms with Crippen LogP contribution in [0.15, 0.2) is 34.8 Å². The molecule has 0 aliphatic heterocycles. The van der Waals surface area contributed by atoms with Crippen LogP contribution in [0.4, 0.5) is 0 Å². The van der Waals surface area contributed by atoms with Crippen molar-refractivity contribution in [2.45, 2.75) is 27.3 Å². The van der Waals surface area contributed by atoms with Crippen molar-refractivity contribution in [3.8, 4) is 11.5 Å². The minimum Gasteiger partial charge on any atom is -0.457 e. The number of hydrogen-bond acceptors (Lipinski definition) is 2. The SMILES string of the molecule is CCNCc1ccc(Oc2cc(C)c(Br)c(C)c2)cc1Cl. The number of aryl methyl sites for hydroxylation is 2. The molecule has 0 radical (unpaired) electrons. The van der Waals surface area contributed by atoms with Gasteiger partial charge in [-0.1, -0.05) is 40.5 Å². The second kappa shape index (κ2) is 7.30. The first-order valence-corrected chi connectivity index (χ1v) is 8.12. The van der Waals surface area contributed by atoms with Gasteiger partial charge in [0, 0.05) is 16.0 Å². The molecule has 0 bridgehead atoms. The zero-order valence-electron chi connectivity index (χ0n) is 12.5. The van der Waals surface area contributed by atoms with E-state index in [1.807, 2.05) is 30.3 Å². The van der Waals surface area contributed by atoms with Gasteiger partial charge in [0.05, 0.1) is 0 Å². The van der Waals surface area contributed by atoms with Crippen molar-refractivity contribution < 1.29 is 4.74 Å². The second-order valence-corrected chi connectivity index (χ2v) is 6.21. The molecule has 112 valence electrons. The lowest BCUT2D eigenvalue weighted by atomic mass is 10.1. The molecule has 0 aliphatic rings. The molecule has 4 heteroatoms. The lowest BCUT2D eigenvalue weighted by Crippen LogP contribution is -2.11. The van der Waals surface area contributed by atoms with E-state index in [0.717, 1.165) is 50.8 Å². The van der Waals surface area contributed by atoms with Crippen molar-refractivity contribution in [1.29, 1.82) is 0 Å². The molecule has 0 amide bonds. The van der Waals surface area contributed by atoms with Gasteiger partial charge in [-0.25, -0.2) is 0 Å². The maximum absolute atomic E-state index is 6.29. The normalized spacial score (nSPS) is 10.7. The van der Waals surface area contributed by atoms with Gasteiger partial charge in [-0.3, -0.25) is 0 Å². The van der Waals surface area contributed by atoms with Crippen LogP contribution in [0.5, 0.6) is 11.5 Å². The van der Waals surface area contributed by atoms with Crippen LogP contribution in [0.25, 0.3) is 0 Å². The average Bonchev–Trinajstić information content (AvgIpc) is 2.44. The van der Waals surface area contributed by atoms with Gasteiger partial charge < -0.3 is 10.1 Å². The monoisotopic (exact) mass is 367 g/mol. The summed E-state index contributed by atoms with van der Waals surface area (Å²) in [6.45, 7) is 7.87. The maximum atomic E-state index is 6.29. The molecule has 0 spiro atoms. The largest absolute Gasteiger partial charge is 0.457 e. The Balaban J connectivity index is 2.18. The van der Waals surface area contributed by atoms with Crippen molar-refractivity contribution in [2.24, 2.45) is 0 Å². The lowest BCUT2D eigenvalue weighted by Gasteiger charge is -2.11. The van der Waals surface area contributed by atoms with Gasteiger partial charge >= 0.3 is 0 Å². The van der Waals surface area contributed by atoms with Gasteiger partial charge in [0.25, 0.3) is 0 Å². The first-order chi connectivity index (χ1) is 10.0. The summed E-state index contributed by atoms with van der Waals surface area (Å²) in [7, 11) is 0. The molecule has 0 saturated carbocycles. The van der Waals surface area contributed by atoms with Crippen LogP contribution < -0.4 is 10.1 Å². The first-order valence-electron chi connectivity index (χ1n) is 6.95. The van der Waals surface area contributed by atoms with Gasteiger partial charge in [0.2, 0.25) is 0 Å². The number of ether oxygens (including phenoxy) is 1. The number of hydrogen-bond donors (Lipinski definition) is 1. The van der Waals surface area contributed by atoms with E-state index >= 15 is 0 Å². The zero-order valence-corrected chi connectivity index (χ0v) is 14.8. The van der Waals surface area contributed by atoms with Crippen LogP contribution in [0.1, 0.15) is 23.6 Å². The Morgan fingerprint density at radius 3 is 2.33 bits per heavy atom. The minimum absolute atomic E-state index is 0.721. The van der Waals surface area contributed by atoms with E-state index in [1.54, 1.807) is 0 Å². The van der Waals surface area contributed by atoms with Gasteiger partial charge in [-0.2, -0.15) is 0 Å². The van der Waals surface area contributed by atoms with E-state index in [0.29, 0.717) is 0 Å². The van der Waals surface area contributed by atoms with Crippen molar-refractivity contribution in [3.05, 3.63) is 56.5 Å². The molecule has 1 N–H and O–H groups in total. The van der Waals surface area contributed by atoms with Crippen molar-refractivity contribution in [3.63, 3.8) is 0 Å². The van der Waals surface area contributed by atoms with Crippen molar-refractivity contribution in [1.82, 2.24) is 5.32 Å². The molecule has 0 aromatic heterocycles. The first kappa shape index (κ1) is 16.3. The Morgan fingerprint density at radius 2 is 1.76 bits per heavy atom. The molecule has 0 heterocycles. The summed E-state index contributed by atoms with van der Waals surface area (Å²) >= 11 is 9.85. The molecule has 2 nitrogen and oxygen atoms in total. The highest BCUT2D eigenvalue weighted by molar-refractivity contribution is 9.10. The second-order valence-electron chi connectivity index (χ2n) is 5.01. The molecule has 2 aromatic carbocycles. The van der Waals surface area contributed by atoms with Gasteiger partial charge in [0.1, 0.15) is 11.5 Å². The Kier molecular flexibility index (Phi) is 5.68. The zero-order chi connectivity index (χ0) is 15.4. The topological polar surface area (TPSA) is 21.3 Å². The number of halogens is 2. The smallest absolute Gasteiger partial charge is 0.128 e. The average molecular weight is 369 g/mol. The molecule has 0 saturated heterocycles. The van der Waals surface area contributed by atoms with E-state index < -0.39 is 0 Å². The quantitative estimate of drug-likeness (QED) is 0.739. The van der Waals surface area contributed by atoms with Gasteiger partial charge in [0.15, 0.2) is 0 Å². The summed E-state index contributed by atoms with van der Waals surface area (Å²) in [6.07, 6.45) is 0. The molecule has 0 fully saturated rings. The Morgan fingerprint density at radius 1 is 1.10 bits per heavy atom. The molecular weight excluding hydrogens is 350 g/mol. The van der Waals surface area contributed by atoms with Gasteiger partial charge in [-0.05, 0) is 61.3 Å². The van der Waals surface area contributed by atoms with E-state index in [2.05, 4.69) is 42.0 Å². The summed E-state index contributed by atoms with van der Waals surface area (Å²) in [5.74, 6) is 1.57. The van der Waals surface area contributed by atoms with Crippen LogP contribution in [0.3, 0.4) is 0 Å². The lowest BCUT2D eigenvalue weighted by molar-refractivity contribution is 0.481. The molecule has 0 aliphatic carbocycles. The van der Waals surface area contributed by atoms with E-state index in [4.69, 9.17) is 16.3 Å². The standard InChI is InChI=1S/C17H19BrClNO/c1-4-20-10-13-5-6-14(9-16(13)19)21-15-7-11(2)17(18)12(3)8-15/h5-9,20H,4,10H2,1-3H3. The summed E-state index contributed by atoms with van der Waals surface area (Å²) in [6, 6.07) is 9.83. The number of nitrogens with one attached hydrogen (secondary N) is 1. The van der Waals surface area contributed by atoms with E-state index in [1.165, 1.54) is 0 Å². The van der Waals surface area contributed by atoms with Crippen LogP contribution >= 0.6 is 27.5 Å². The predicted molar refractivity (Wildman–Crippen MR) is 92.5 cm³/mol. The summed E-state index contributed by atoms with van der Waals surface area (Å²) in [5.41, 5.74) is 3.38. The third-order valence-electron chi connectivity index (χ3n) is 3.24. The third-order valence-corrected chi connectivity index (χ3v) is 4.84. The molecule has 0 unspecified atom stereocenters. The van der Waals surface area contributed by atoms with Crippen LogP contribution in [0, 0.1) is 13.8 Å². The van der Waals surface area contributed by atoms with Gasteiger partial charge in [-0.15, -0.1) is 0 Å². The number of benzene rings is 2. The molecule has 21 heavy (non-hydrogen) atoms. The Bertz CT molecular complexity index is 620. The minimum atomic E-state index is 0.721. The molecule has 2 rings (SSSR count). The summed E-state index contributed by atoms with van der Waals surface area (Å²) < 4.78 is 7.03. The fraction of sp³-hybridized carbons (Fsp3) is 0.294. The summed E-state index contributed by atoms with van der Waals surface area (Å²) in [4.78, 5) is 0. The Labute approximate surface area is 139 Å². The highest BCUT2D eigenvalue weighted by Crippen LogP contribution is 2.31. The summed E-state index contributed by atoms with van der Waals surface area (Å²) in [5, 5.41) is 3.99. The molecular formula is C17H19BrClNO. The van der Waals surface area contributed by atoms with Crippen LogP contribution in [-0.2, 0) is 6.54 Å². The van der Waals surface area contributed by atoms with E-state index in [9.17, 15) is 0 Å². The van der Waals surface area contributed by atoms with Crippen LogP contribution in [0.2, 0.25) is 5.02 Å². The number of rotatable bonds is 5.